The molecular weight excluding hydrogens is 375 g/mol. The summed E-state index contributed by atoms with van der Waals surface area (Å²) in [5, 5.41) is 8.36. The van der Waals surface area contributed by atoms with Crippen molar-refractivity contribution in [2.75, 3.05) is 24.6 Å². The molecule has 0 spiro atoms. The molecule has 2 aliphatic rings. The van der Waals surface area contributed by atoms with E-state index in [1.807, 2.05) is 11.8 Å². The third-order valence-corrected chi connectivity index (χ3v) is 4.35. The summed E-state index contributed by atoms with van der Waals surface area (Å²) >= 11 is 1.97. The molecule has 0 saturated carbocycles. The Bertz CT molecular complexity index is 454. The number of nitrogens with zero attached hydrogens (tertiary/aromatic N) is 5. The Labute approximate surface area is 134 Å². The van der Waals surface area contributed by atoms with Gasteiger partial charge in [-0.3, -0.25) is 0 Å². The van der Waals surface area contributed by atoms with Gasteiger partial charge in [0, 0.05) is 37.6 Å². The van der Waals surface area contributed by atoms with Crippen molar-refractivity contribution >= 4 is 41.7 Å². The summed E-state index contributed by atoms with van der Waals surface area (Å²) in [4.78, 5) is 6.61. The van der Waals surface area contributed by atoms with Crippen LogP contribution in [0.4, 0.5) is 0 Å². The number of aromatic nitrogens is 3. The second-order valence-corrected chi connectivity index (χ2v) is 5.79. The lowest BCUT2D eigenvalue weighted by molar-refractivity contribution is 0.455. The lowest BCUT2D eigenvalue weighted by atomic mass is 10.4. The molecule has 6 nitrogen and oxygen atoms in total. The molecule has 3 rings (SSSR count). The largest absolute Gasteiger partial charge is 0.370 e. The van der Waals surface area contributed by atoms with Crippen LogP contribution in [-0.4, -0.2) is 50.2 Å². The Morgan fingerprint density at radius 2 is 2.05 bits per heavy atom. The first-order valence-electron chi connectivity index (χ1n) is 6.38. The number of aryl methyl sites for hydroxylation is 1. The predicted octanol–water partition coefficient (Wildman–Crippen LogP) is 0.706. The van der Waals surface area contributed by atoms with Crippen LogP contribution in [0.15, 0.2) is 4.99 Å². The molecule has 0 radical (unpaired) electrons. The highest BCUT2D eigenvalue weighted by Crippen LogP contribution is 2.14. The monoisotopic (exact) mass is 394 g/mol. The minimum atomic E-state index is 0. The Hall–Kier alpha value is -0.510. The Balaban J connectivity index is 0.00000133. The van der Waals surface area contributed by atoms with Gasteiger partial charge in [-0.15, -0.1) is 34.2 Å². The maximum absolute atomic E-state index is 6.02. The Kier molecular flexibility index (Phi) is 5.31. The van der Waals surface area contributed by atoms with Crippen LogP contribution in [0.5, 0.6) is 0 Å². The van der Waals surface area contributed by atoms with Crippen molar-refractivity contribution in [3.8, 4) is 0 Å². The molecule has 2 aliphatic heterocycles. The standard InChI is InChI=1S/C11H18N6S.HI/c12-11(16-4-6-18-7-5-16)13-8-10-15-14-9-2-1-3-17(9)10;/h1-8H2,(H2,12,13);1H. The molecule has 1 saturated heterocycles. The van der Waals surface area contributed by atoms with E-state index in [0.717, 1.165) is 49.2 Å². The highest BCUT2D eigenvalue weighted by Gasteiger charge is 2.17. The fourth-order valence-corrected chi connectivity index (χ4v) is 3.27. The van der Waals surface area contributed by atoms with Crippen molar-refractivity contribution < 1.29 is 0 Å². The van der Waals surface area contributed by atoms with Gasteiger partial charge in [0.05, 0.1) is 0 Å². The fourth-order valence-electron chi connectivity index (χ4n) is 2.37. The molecule has 2 N–H and O–H groups in total. The van der Waals surface area contributed by atoms with Crippen molar-refractivity contribution in [1.82, 2.24) is 19.7 Å². The van der Waals surface area contributed by atoms with Gasteiger partial charge in [-0.2, -0.15) is 11.8 Å². The smallest absolute Gasteiger partial charge is 0.191 e. The zero-order valence-corrected chi connectivity index (χ0v) is 13.9. The summed E-state index contributed by atoms with van der Waals surface area (Å²) in [7, 11) is 0. The fraction of sp³-hybridized carbons (Fsp3) is 0.727. The highest BCUT2D eigenvalue weighted by molar-refractivity contribution is 14.0. The molecule has 0 aliphatic carbocycles. The molecule has 0 atom stereocenters. The second kappa shape index (κ2) is 6.78. The molecule has 8 heteroatoms. The van der Waals surface area contributed by atoms with E-state index in [1.165, 1.54) is 6.42 Å². The summed E-state index contributed by atoms with van der Waals surface area (Å²) < 4.78 is 2.17. The van der Waals surface area contributed by atoms with E-state index in [0.29, 0.717) is 12.5 Å². The van der Waals surface area contributed by atoms with Gasteiger partial charge in [-0.1, -0.05) is 0 Å². The van der Waals surface area contributed by atoms with Crippen LogP contribution < -0.4 is 5.73 Å². The summed E-state index contributed by atoms with van der Waals surface area (Å²) in [5.74, 6) is 4.95. The summed E-state index contributed by atoms with van der Waals surface area (Å²) in [6.07, 6.45) is 2.20. The summed E-state index contributed by atoms with van der Waals surface area (Å²) in [6, 6.07) is 0. The number of nitrogens with two attached hydrogens (primary N) is 1. The van der Waals surface area contributed by atoms with Gasteiger partial charge in [0.15, 0.2) is 11.8 Å². The van der Waals surface area contributed by atoms with Gasteiger partial charge < -0.3 is 15.2 Å². The molecular formula is C11H19IN6S. The molecule has 1 aromatic rings. The van der Waals surface area contributed by atoms with Gasteiger partial charge in [0.2, 0.25) is 0 Å². The molecule has 1 aromatic heterocycles. The first kappa shape index (κ1) is 14.9. The minimum absolute atomic E-state index is 0. The van der Waals surface area contributed by atoms with Crippen LogP contribution in [0.1, 0.15) is 18.1 Å². The third-order valence-electron chi connectivity index (χ3n) is 3.40. The second-order valence-electron chi connectivity index (χ2n) is 4.56. The number of aliphatic imine (C=N–C) groups is 1. The highest BCUT2D eigenvalue weighted by atomic mass is 127. The minimum Gasteiger partial charge on any atom is -0.370 e. The zero-order valence-electron chi connectivity index (χ0n) is 10.8. The molecule has 0 aromatic carbocycles. The van der Waals surface area contributed by atoms with Crippen LogP contribution in [0.3, 0.4) is 0 Å². The molecule has 0 amide bonds. The maximum atomic E-state index is 6.02. The number of halogens is 1. The normalized spacial score (nSPS) is 19.2. The van der Waals surface area contributed by atoms with Crippen LogP contribution in [0, 0.1) is 0 Å². The number of hydrogen-bond donors (Lipinski definition) is 1. The van der Waals surface area contributed by atoms with Gasteiger partial charge in [0.25, 0.3) is 0 Å². The molecule has 0 unspecified atom stereocenters. The van der Waals surface area contributed by atoms with Crippen molar-refractivity contribution in [2.24, 2.45) is 10.7 Å². The quantitative estimate of drug-likeness (QED) is 0.455. The molecule has 106 valence electrons. The average molecular weight is 394 g/mol. The zero-order chi connectivity index (χ0) is 12.4. The first-order chi connectivity index (χ1) is 8.84. The van der Waals surface area contributed by atoms with Crippen molar-refractivity contribution in [2.45, 2.75) is 25.9 Å². The number of thioether (sulfide) groups is 1. The lowest BCUT2D eigenvalue weighted by Gasteiger charge is -2.27. The Morgan fingerprint density at radius 1 is 1.26 bits per heavy atom. The maximum Gasteiger partial charge on any atom is 0.191 e. The van der Waals surface area contributed by atoms with Gasteiger partial charge in [-0.05, 0) is 6.42 Å². The lowest BCUT2D eigenvalue weighted by Crippen LogP contribution is -2.42. The van der Waals surface area contributed by atoms with Crippen LogP contribution >= 0.6 is 35.7 Å². The van der Waals surface area contributed by atoms with E-state index >= 15 is 0 Å². The number of guanidine groups is 1. The predicted molar refractivity (Wildman–Crippen MR) is 88.0 cm³/mol. The average Bonchev–Trinajstić information content (AvgIpc) is 3.00. The first-order valence-corrected chi connectivity index (χ1v) is 7.53. The topological polar surface area (TPSA) is 72.3 Å². The van der Waals surface area contributed by atoms with Crippen molar-refractivity contribution in [1.29, 1.82) is 0 Å². The van der Waals surface area contributed by atoms with E-state index in [9.17, 15) is 0 Å². The summed E-state index contributed by atoms with van der Waals surface area (Å²) in [6.45, 7) is 3.56. The van der Waals surface area contributed by atoms with Gasteiger partial charge in [0.1, 0.15) is 12.4 Å². The van der Waals surface area contributed by atoms with Crippen molar-refractivity contribution in [3.63, 3.8) is 0 Å². The molecule has 19 heavy (non-hydrogen) atoms. The van der Waals surface area contributed by atoms with Crippen LogP contribution in [0.2, 0.25) is 0 Å². The van der Waals surface area contributed by atoms with Gasteiger partial charge in [-0.25, -0.2) is 4.99 Å². The molecule has 0 bridgehead atoms. The van der Waals surface area contributed by atoms with E-state index in [2.05, 4.69) is 24.7 Å². The Morgan fingerprint density at radius 3 is 2.84 bits per heavy atom. The number of rotatable bonds is 2. The van der Waals surface area contributed by atoms with E-state index < -0.39 is 0 Å². The van der Waals surface area contributed by atoms with E-state index in [1.54, 1.807) is 0 Å². The van der Waals surface area contributed by atoms with Crippen LogP contribution in [-0.2, 0) is 19.5 Å². The van der Waals surface area contributed by atoms with E-state index in [4.69, 9.17) is 5.73 Å². The van der Waals surface area contributed by atoms with E-state index in [-0.39, 0.29) is 24.0 Å². The summed E-state index contributed by atoms with van der Waals surface area (Å²) in [5.41, 5.74) is 6.02. The third kappa shape index (κ3) is 3.33. The van der Waals surface area contributed by atoms with Gasteiger partial charge >= 0.3 is 0 Å². The van der Waals surface area contributed by atoms with Crippen molar-refractivity contribution in [3.05, 3.63) is 11.6 Å². The van der Waals surface area contributed by atoms with Crippen LogP contribution in [0.25, 0.3) is 0 Å². The number of fused-ring (bicyclic) bond motifs is 1. The number of hydrogen-bond acceptors (Lipinski definition) is 4. The molecule has 1 fully saturated rings. The molecule has 3 heterocycles. The SMILES string of the molecule is I.NC(=NCc1nnc2n1CCC2)N1CCSCC1.